The van der Waals surface area contributed by atoms with Crippen LogP contribution < -0.4 is 10.6 Å². The molecule has 0 aliphatic heterocycles. The van der Waals surface area contributed by atoms with Crippen LogP contribution in [0, 0.1) is 13.8 Å². The van der Waals surface area contributed by atoms with E-state index in [-0.39, 0.29) is 17.9 Å². The van der Waals surface area contributed by atoms with Crippen molar-refractivity contribution in [1.29, 1.82) is 0 Å². The highest BCUT2D eigenvalue weighted by Crippen LogP contribution is 2.27. The fraction of sp³-hybridized carbons (Fsp3) is 0.261. The minimum absolute atomic E-state index is 0.0680. The summed E-state index contributed by atoms with van der Waals surface area (Å²) < 4.78 is 0. The Bertz CT molecular complexity index is 1060. The average molecular weight is 440 g/mol. The smallest absolute Gasteiger partial charge is 0.256 e. The molecule has 0 saturated heterocycles. The fourth-order valence-electron chi connectivity index (χ4n) is 2.94. The molecule has 3 rings (SSSR count). The van der Waals surface area contributed by atoms with Crippen LogP contribution in [0.15, 0.2) is 52.7 Å². The van der Waals surface area contributed by atoms with Gasteiger partial charge in [0.2, 0.25) is 0 Å². The maximum absolute atomic E-state index is 12.9. The van der Waals surface area contributed by atoms with Crippen LogP contribution in [0.1, 0.15) is 50.8 Å². The Morgan fingerprint density at radius 3 is 2.50 bits per heavy atom. The summed E-state index contributed by atoms with van der Waals surface area (Å²) in [6.45, 7) is 7.70. The number of aromatic nitrogens is 1. The number of nitrogens with one attached hydrogen (secondary N) is 2. The molecule has 0 aliphatic rings. The van der Waals surface area contributed by atoms with Crippen LogP contribution in [0.25, 0.3) is 0 Å². The largest absolute Gasteiger partial charge is 0.350 e. The second-order valence-corrected chi connectivity index (χ2v) is 9.33. The number of anilines is 1. The van der Waals surface area contributed by atoms with E-state index in [1.165, 1.54) is 0 Å². The standard InChI is InChI=1S/C23H25N3O2S2/c1-14(2)24-22(27)19-10-9-17(11-15(19)3)26-23(28)20-7-5-6-8-21(20)30-13-18-12-29-16(4)25-18/h5-12,14H,13H2,1-4H3,(H,24,27)(H,26,28). The SMILES string of the molecule is Cc1nc(CSc2ccccc2C(=O)Nc2ccc(C(=O)NC(C)C)c(C)c2)cs1. The maximum Gasteiger partial charge on any atom is 0.256 e. The van der Waals surface area contributed by atoms with Crippen molar-refractivity contribution in [1.82, 2.24) is 10.3 Å². The summed E-state index contributed by atoms with van der Waals surface area (Å²) in [5.41, 5.74) is 3.72. The first-order chi connectivity index (χ1) is 14.3. The Hall–Kier alpha value is -2.64. The first-order valence-corrected chi connectivity index (χ1v) is 11.6. The number of amides is 2. The number of carbonyl (C=O) groups excluding carboxylic acids is 2. The maximum atomic E-state index is 12.9. The minimum atomic E-state index is -0.175. The molecule has 2 N–H and O–H groups in total. The number of aryl methyl sites for hydroxylation is 2. The molecule has 0 spiro atoms. The van der Waals surface area contributed by atoms with Gasteiger partial charge in [-0.15, -0.1) is 23.1 Å². The summed E-state index contributed by atoms with van der Waals surface area (Å²) >= 11 is 3.23. The molecule has 30 heavy (non-hydrogen) atoms. The van der Waals surface area contributed by atoms with Gasteiger partial charge < -0.3 is 10.6 Å². The summed E-state index contributed by atoms with van der Waals surface area (Å²) in [5.74, 6) is 0.429. The zero-order valence-corrected chi connectivity index (χ0v) is 19.1. The van der Waals surface area contributed by atoms with Crippen molar-refractivity contribution in [2.45, 2.75) is 44.4 Å². The van der Waals surface area contributed by atoms with Gasteiger partial charge in [-0.1, -0.05) is 12.1 Å². The molecule has 0 unspecified atom stereocenters. The first-order valence-electron chi connectivity index (χ1n) is 9.69. The number of thioether (sulfide) groups is 1. The lowest BCUT2D eigenvalue weighted by molar-refractivity contribution is 0.0942. The predicted octanol–water partition coefficient (Wildman–Crippen LogP) is 5.44. The van der Waals surface area contributed by atoms with E-state index in [4.69, 9.17) is 0 Å². The second-order valence-electron chi connectivity index (χ2n) is 7.25. The molecule has 2 amide bonds. The molecule has 156 valence electrons. The lowest BCUT2D eigenvalue weighted by Gasteiger charge is -2.13. The van der Waals surface area contributed by atoms with E-state index in [1.807, 2.05) is 63.4 Å². The highest BCUT2D eigenvalue weighted by atomic mass is 32.2. The fourth-order valence-corrected chi connectivity index (χ4v) is 4.60. The molecule has 1 aromatic heterocycles. The first kappa shape index (κ1) is 22.1. The molecule has 7 heteroatoms. The van der Waals surface area contributed by atoms with Crippen LogP contribution in [0.4, 0.5) is 5.69 Å². The van der Waals surface area contributed by atoms with Crippen molar-refractivity contribution in [2.24, 2.45) is 0 Å². The Kier molecular flexibility index (Phi) is 7.29. The van der Waals surface area contributed by atoms with Gasteiger partial charge in [0.25, 0.3) is 11.8 Å². The lowest BCUT2D eigenvalue weighted by Crippen LogP contribution is -2.30. The monoisotopic (exact) mass is 439 g/mol. The third-order valence-corrected chi connectivity index (χ3v) is 6.25. The third kappa shape index (κ3) is 5.70. The summed E-state index contributed by atoms with van der Waals surface area (Å²) in [6.07, 6.45) is 0. The van der Waals surface area contributed by atoms with Crippen LogP contribution in [0.2, 0.25) is 0 Å². The Morgan fingerprint density at radius 2 is 1.83 bits per heavy atom. The molecule has 0 radical (unpaired) electrons. The van der Waals surface area contributed by atoms with E-state index in [1.54, 1.807) is 35.2 Å². The number of nitrogens with zero attached hydrogens (tertiary/aromatic N) is 1. The van der Waals surface area contributed by atoms with E-state index < -0.39 is 0 Å². The molecule has 0 aliphatic carbocycles. The number of rotatable bonds is 7. The van der Waals surface area contributed by atoms with E-state index in [0.717, 1.165) is 21.2 Å². The van der Waals surface area contributed by atoms with Crippen LogP contribution in [0.3, 0.4) is 0 Å². The van der Waals surface area contributed by atoms with Crippen LogP contribution in [-0.2, 0) is 5.75 Å². The molecule has 0 bridgehead atoms. The van der Waals surface area contributed by atoms with Crippen molar-refractivity contribution in [3.63, 3.8) is 0 Å². The number of benzene rings is 2. The van der Waals surface area contributed by atoms with Gasteiger partial charge in [0.1, 0.15) is 0 Å². The quantitative estimate of drug-likeness (QED) is 0.481. The van der Waals surface area contributed by atoms with Crippen molar-refractivity contribution in [3.05, 3.63) is 75.2 Å². The van der Waals surface area contributed by atoms with E-state index >= 15 is 0 Å². The van der Waals surface area contributed by atoms with Gasteiger partial charge in [0.15, 0.2) is 0 Å². The van der Waals surface area contributed by atoms with Crippen LogP contribution in [-0.4, -0.2) is 22.8 Å². The van der Waals surface area contributed by atoms with Crippen LogP contribution in [0.5, 0.6) is 0 Å². The predicted molar refractivity (Wildman–Crippen MR) is 125 cm³/mol. The van der Waals surface area contributed by atoms with E-state index in [2.05, 4.69) is 15.6 Å². The third-order valence-electron chi connectivity index (χ3n) is 4.32. The van der Waals surface area contributed by atoms with Crippen molar-refractivity contribution < 1.29 is 9.59 Å². The molecule has 3 aromatic rings. The highest BCUT2D eigenvalue weighted by molar-refractivity contribution is 7.98. The van der Waals surface area contributed by atoms with Crippen molar-refractivity contribution >= 4 is 40.6 Å². The molecule has 0 fully saturated rings. The zero-order valence-electron chi connectivity index (χ0n) is 17.5. The van der Waals surface area contributed by atoms with Gasteiger partial charge in [-0.2, -0.15) is 0 Å². The second kappa shape index (κ2) is 9.91. The van der Waals surface area contributed by atoms with Crippen molar-refractivity contribution in [3.8, 4) is 0 Å². The zero-order chi connectivity index (χ0) is 21.7. The Labute approximate surface area is 185 Å². The summed E-state index contributed by atoms with van der Waals surface area (Å²) in [6, 6.07) is 12.9. The molecular formula is C23H25N3O2S2. The normalized spacial score (nSPS) is 10.8. The van der Waals surface area contributed by atoms with Crippen LogP contribution >= 0.6 is 23.1 Å². The number of hydrogen-bond donors (Lipinski definition) is 2. The number of hydrogen-bond acceptors (Lipinski definition) is 5. The van der Waals surface area contributed by atoms with Gasteiger partial charge in [-0.25, -0.2) is 4.98 Å². The summed E-state index contributed by atoms with van der Waals surface area (Å²) in [5, 5.41) is 8.93. The number of carbonyl (C=O) groups is 2. The topological polar surface area (TPSA) is 71.1 Å². The van der Waals surface area contributed by atoms with Gasteiger partial charge in [-0.3, -0.25) is 9.59 Å². The minimum Gasteiger partial charge on any atom is -0.350 e. The molecule has 1 heterocycles. The van der Waals surface area contributed by atoms with Gasteiger partial charge in [-0.05, 0) is 63.6 Å². The van der Waals surface area contributed by atoms with Crippen molar-refractivity contribution in [2.75, 3.05) is 5.32 Å². The highest BCUT2D eigenvalue weighted by Gasteiger charge is 2.14. The lowest BCUT2D eigenvalue weighted by atomic mass is 10.1. The molecular weight excluding hydrogens is 414 g/mol. The summed E-state index contributed by atoms with van der Waals surface area (Å²) in [7, 11) is 0. The van der Waals surface area contributed by atoms with E-state index in [0.29, 0.717) is 22.6 Å². The molecule has 5 nitrogen and oxygen atoms in total. The van der Waals surface area contributed by atoms with Gasteiger partial charge in [0, 0.05) is 33.3 Å². The Balaban J connectivity index is 1.71. The average Bonchev–Trinajstić information content (AvgIpc) is 3.11. The van der Waals surface area contributed by atoms with Gasteiger partial charge in [0.05, 0.1) is 16.3 Å². The Morgan fingerprint density at radius 1 is 1.07 bits per heavy atom. The van der Waals surface area contributed by atoms with E-state index in [9.17, 15) is 9.59 Å². The molecule has 2 aromatic carbocycles. The summed E-state index contributed by atoms with van der Waals surface area (Å²) in [4.78, 5) is 30.6. The molecule has 0 saturated carbocycles. The number of thiazole rings is 1. The molecule has 0 atom stereocenters. The van der Waals surface area contributed by atoms with Gasteiger partial charge >= 0.3 is 0 Å².